The van der Waals surface area contributed by atoms with Gasteiger partial charge in [-0.15, -0.1) is 11.3 Å². The molecular weight excluding hydrogens is 398 g/mol. The topological polar surface area (TPSA) is 113 Å². The Labute approximate surface area is 177 Å². The van der Waals surface area contributed by atoms with E-state index in [2.05, 4.69) is 16.4 Å². The number of aromatic nitrogens is 1. The van der Waals surface area contributed by atoms with E-state index in [1.54, 1.807) is 19.2 Å². The van der Waals surface area contributed by atoms with Gasteiger partial charge in [0.05, 0.1) is 29.1 Å². The van der Waals surface area contributed by atoms with Gasteiger partial charge in [0.1, 0.15) is 11.7 Å². The van der Waals surface area contributed by atoms with E-state index in [1.807, 2.05) is 36.6 Å². The molecule has 2 atom stereocenters. The minimum atomic E-state index is -0.902. The Kier molecular flexibility index (Phi) is 4.76. The Hall–Kier alpha value is -3.70. The number of guanidine groups is 1. The first-order valence-corrected chi connectivity index (χ1v) is 10.1. The van der Waals surface area contributed by atoms with Gasteiger partial charge in [-0.25, -0.2) is 0 Å². The molecule has 0 saturated carbocycles. The number of rotatable bonds is 3. The van der Waals surface area contributed by atoms with E-state index >= 15 is 0 Å². The van der Waals surface area contributed by atoms with Gasteiger partial charge in [0.15, 0.2) is 5.96 Å². The lowest BCUT2D eigenvalue weighted by Gasteiger charge is -2.44. The van der Waals surface area contributed by atoms with Gasteiger partial charge in [0.25, 0.3) is 0 Å². The van der Waals surface area contributed by atoms with Gasteiger partial charge in [-0.3, -0.25) is 20.1 Å². The number of thiophene rings is 1. The maximum Gasteiger partial charge on any atom is 0.240 e. The molecule has 3 aromatic rings. The number of benzene rings is 1. The zero-order valence-electron chi connectivity index (χ0n) is 16.4. The smallest absolute Gasteiger partial charge is 0.240 e. The molecule has 4 rings (SSSR count). The summed E-state index contributed by atoms with van der Waals surface area (Å²) in [5, 5.41) is 32.2. The Morgan fingerprint density at radius 2 is 2.10 bits per heavy atom. The molecule has 30 heavy (non-hydrogen) atoms. The average Bonchev–Trinajstić information content (AvgIpc) is 3.25. The van der Waals surface area contributed by atoms with Crippen LogP contribution in [-0.2, 0) is 10.3 Å². The molecule has 1 saturated heterocycles. The summed E-state index contributed by atoms with van der Waals surface area (Å²) in [6, 6.07) is 14.6. The fourth-order valence-electron chi connectivity index (χ4n) is 3.68. The van der Waals surface area contributed by atoms with Crippen molar-refractivity contribution in [3.05, 3.63) is 70.2 Å². The fourth-order valence-corrected chi connectivity index (χ4v) is 4.74. The predicted molar refractivity (Wildman–Crippen MR) is 114 cm³/mol. The first kappa shape index (κ1) is 19.6. The van der Waals surface area contributed by atoms with Gasteiger partial charge in [0, 0.05) is 11.9 Å². The van der Waals surface area contributed by atoms with Gasteiger partial charge < -0.3 is 10.4 Å². The highest BCUT2D eigenvalue weighted by Gasteiger charge is 2.49. The predicted octanol–water partition coefficient (Wildman–Crippen LogP) is 3.38. The summed E-state index contributed by atoms with van der Waals surface area (Å²) >= 11 is 1.48. The molecule has 8 heteroatoms. The summed E-state index contributed by atoms with van der Waals surface area (Å²) in [4.78, 5) is 19.6. The number of nitriles is 1. The molecule has 1 aliphatic heterocycles. The molecule has 0 radical (unpaired) electrons. The van der Waals surface area contributed by atoms with Crippen molar-refractivity contribution in [2.45, 2.75) is 18.4 Å². The van der Waals surface area contributed by atoms with Crippen LogP contribution in [0.5, 0.6) is 5.75 Å². The van der Waals surface area contributed by atoms with E-state index < -0.39 is 11.5 Å². The molecule has 0 spiro atoms. The summed E-state index contributed by atoms with van der Waals surface area (Å²) in [5.41, 5.74) is 2.03. The van der Waals surface area contributed by atoms with Crippen LogP contribution in [-0.4, -0.2) is 33.9 Å². The number of aromatic hydroxyl groups is 1. The molecule has 1 aromatic carbocycles. The Morgan fingerprint density at radius 1 is 1.30 bits per heavy atom. The number of nitrogens with one attached hydrogen (secondary N) is 2. The van der Waals surface area contributed by atoms with Gasteiger partial charge in [-0.1, -0.05) is 12.1 Å². The molecule has 2 aromatic heterocycles. The van der Waals surface area contributed by atoms with E-state index in [4.69, 9.17) is 5.41 Å². The normalized spacial score (nSPS) is 21.2. The SMILES string of the molecule is CN1C(=N)N[C@](C)(c2cc(-c3cccc(C#N)c3)cs2)[C@@H](c2ccc(O)cn2)C1=O. The maximum absolute atomic E-state index is 13.2. The van der Waals surface area contributed by atoms with Crippen LogP contribution in [0.1, 0.15) is 29.0 Å². The lowest BCUT2D eigenvalue weighted by molar-refractivity contribution is -0.131. The van der Waals surface area contributed by atoms with Crippen molar-refractivity contribution in [3.63, 3.8) is 0 Å². The van der Waals surface area contributed by atoms with Gasteiger partial charge in [-0.2, -0.15) is 5.26 Å². The summed E-state index contributed by atoms with van der Waals surface area (Å²) in [6.07, 6.45) is 1.32. The van der Waals surface area contributed by atoms with E-state index in [9.17, 15) is 15.2 Å². The molecule has 150 valence electrons. The Balaban J connectivity index is 1.81. The molecule has 0 bridgehead atoms. The summed E-state index contributed by atoms with van der Waals surface area (Å²) in [5.74, 6) is -0.900. The molecule has 0 aliphatic carbocycles. The quantitative estimate of drug-likeness (QED) is 0.605. The second kappa shape index (κ2) is 7.28. The maximum atomic E-state index is 13.2. The van der Waals surface area contributed by atoms with Crippen molar-refractivity contribution in [2.75, 3.05) is 7.05 Å². The molecule has 1 aliphatic rings. The number of pyridine rings is 1. The van der Waals surface area contributed by atoms with Crippen LogP contribution in [0.25, 0.3) is 11.1 Å². The molecule has 7 nitrogen and oxygen atoms in total. The van der Waals surface area contributed by atoms with Gasteiger partial charge in [0.2, 0.25) is 5.91 Å². The summed E-state index contributed by atoms with van der Waals surface area (Å²) < 4.78 is 0. The van der Waals surface area contributed by atoms with E-state index in [1.165, 1.54) is 28.5 Å². The Bertz CT molecular complexity index is 1180. The third kappa shape index (κ3) is 3.19. The molecule has 1 amide bonds. The van der Waals surface area contributed by atoms with Crippen molar-refractivity contribution in [1.82, 2.24) is 15.2 Å². The van der Waals surface area contributed by atoms with E-state index in [0.717, 1.165) is 16.0 Å². The minimum absolute atomic E-state index is 0.0129. The number of amides is 1. The van der Waals surface area contributed by atoms with Crippen molar-refractivity contribution < 1.29 is 9.90 Å². The first-order valence-electron chi connectivity index (χ1n) is 9.22. The zero-order chi connectivity index (χ0) is 21.5. The van der Waals surface area contributed by atoms with Crippen molar-refractivity contribution >= 4 is 23.2 Å². The highest BCUT2D eigenvalue weighted by atomic mass is 32.1. The monoisotopic (exact) mass is 417 g/mol. The summed E-state index contributed by atoms with van der Waals surface area (Å²) in [6.45, 7) is 1.88. The average molecular weight is 417 g/mol. The first-order chi connectivity index (χ1) is 14.3. The number of hydrogen-bond donors (Lipinski definition) is 3. The van der Waals surface area contributed by atoms with Crippen LogP contribution in [0.2, 0.25) is 0 Å². The van der Waals surface area contributed by atoms with Crippen LogP contribution in [0.15, 0.2) is 54.0 Å². The highest BCUT2D eigenvalue weighted by Crippen LogP contribution is 2.44. The third-order valence-corrected chi connectivity index (χ3v) is 6.54. The van der Waals surface area contributed by atoms with Crippen molar-refractivity contribution in [2.24, 2.45) is 0 Å². The minimum Gasteiger partial charge on any atom is -0.506 e. The van der Waals surface area contributed by atoms with Crippen LogP contribution < -0.4 is 5.32 Å². The molecule has 0 unspecified atom stereocenters. The second-order valence-corrected chi connectivity index (χ2v) is 8.25. The van der Waals surface area contributed by atoms with Crippen LogP contribution >= 0.6 is 11.3 Å². The third-order valence-electron chi connectivity index (χ3n) is 5.37. The van der Waals surface area contributed by atoms with Crippen LogP contribution in [0, 0.1) is 16.7 Å². The number of nitrogens with zero attached hydrogens (tertiary/aromatic N) is 3. The van der Waals surface area contributed by atoms with Gasteiger partial charge in [-0.05, 0) is 53.8 Å². The fraction of sp³-hybridized carbons (Fsp3) is 0.182. The number of hydrogen-bond acceptors (Lipinski definition) is 6. The highest BCUT2D eigenvalue weighted by molar-refractivity contribution is 7.10. The Morgan fingerprint density at radius 3 is 2.80 bits per heavy atom. The van der Waals surface area contributed by atoms with Crippen molar-refractivity contribution in [3.8, 4) is 22.9 Å². The lowest BCUT2D eigenvalue weighted by Crippen LogP contribution is -2.62. The van der Waals surface area contributed by atoms with Crippen molar-refractivity contribution in [1.29, 1.82) is 10.7 Å². The van der Waals surface area contributed by atoms with E-state index in [-0.39, 0.29) is 17.6 Å². The molecule has 3 heterocycles. The molecular formula is C22H19N5O2S. The largest absolute Gasteiger partial charge is 0.506 e. The van der Waals surface area contributed by atoms with E-state index in [0.29, 0.717) is 11.3 Å². The molecule has 3 N–H and O–H groups in total. The molecule has 1 fully saturated rings. The number of carbonyl (C=O) groups excluding carboxylic acids is 1. The lowest BCUT2D eigenvalue weighted by atomic mass is 9.78. The number of carbonyl (C=O) groups is 1. The zero-order valence-corrected chi connectivity index (χ0v) is 17.2. The van der Waals surface area contributed by atoms with Gasteiger partial charge >= 0.3 is 0 Å². The van der Waals surface area contributed by atoms with Crippen LogP contribution in [0.3, 0.4) is 0 Å². The summed E-state index contributed by atoms with van der Waals surface area (Å²) in [7, 11) is 1.55. The standard InChI is InChI=1S/C22H19N5O2S/c1-22(18-9-15(12-30-18)14-5-3-4-13(8-14)10-23)19(17-7-6-16(28)11-25-17)20(29)27(2)21(24)26-22/h3-9,11-12,19,28H,1-2H3,(H2,24,26)/t19-,22+/m0/s1. The second-order valence-electron chi connectivity index (χ2n) is 7.34. The number of likely N-dealkylation sites (N-methyl/N-ethyl adjacent to an activating group) is 1. The van der Waals surface area contributed by atoms with Crippen LogP contribution in [0.4, 0.5) is 0 Å².